The highest BCUT2D eigenvalue weighted by Crippen LogP contribution is 2.16. The Bertz CT molecular complexity index is 432. The molecular weight excluding hydrogens is 306 g/mol. The summed E-state index contributed by atoms with van der Waals surface area (Å²) in [6, 6.07) is 1.83. The lowest BCUT2D eigenvalue weighted by Crippen LogP contribution is -2.39. The van der Waals surface area contributed by atoms with Gasteiger partial charge in [0.05, 0.1) is 5.56 Å². The van der Waals surface area contributed by atoms with Crippen molar-refractivity contribution < 1.29 is 4.79 Å². The van der Waals surface area contributed by atoms with Gasteiger partial charge in [0.25, 0.3) is 5.91 Å². The number of carbonyl (C=O) groups is 1. The average molecular weight is 326 g/mol. The van der Waals surface area contributed by atoms with Gasteiger partial charge in [-0.15, -0.1) is 0 Å². The number of rotatable bonds is 4. The van der Waals surface area contributed by atoms with Crippen LogP contribution in [0.15, 0.2) is 22.9 Å². The van der Waals surface area contributed by atoms with Crippen LogP contribution in [-0.2, 0) is 0 Å². The van der Waals surface area contributed by atoms with Gasteiger partial charge in [0.15, 0.2) is 0 Å². The van der Waals surface area contributed by atoms with E-state index in [0.29, 0.717) is 11.5 Å². The zero-order valence-corrected chi connectivity index (χ0v) is 12.8. The van der Waals surface area contributed by atoms with Gasteiger partial charge >= 0.3 is 0 Å². The SMILES string of the molecule is CCN(CC1CCNCC1)C(=O)c1cncc(Br)c1. The van der Waals surface area contributed by atoms with E-state index in [1.165, 1.54) is 0 Å². The van der Waals surface area contributed by atoms with Crippen LogP contribution in [-0.4, -0.2) is 42.0 Å². The van der Waals surface area contributed by atoms with Gasteiger partial charge in [-0.25, -0.2) is 0 Å². The first-order chi connectivity index (χ1) is 9.20. The van der Waals surface area contributed by atoms with E-state index in [1.54, 1.807) is 12.4 Å². The van der Waals surface area contributed by atoms with Crippen molar-refractivity contribution in [2.45, 2.75) is 19.8 Å². The van der Waals surface area contributed by atoms with Gasteiger partial charge < -0.3 is 10.2 Å². The molecule has 0 atom stereocenters. The Balaban J connectivity index is 2.02. The molecule has 0 saturated carbocycles. The van der Waals surface area contributed by atoms with E-state index in [1.807, 2.05) is 17.9 Å². The van der Waals surface area contributed by atoms with Gasteiger partial charge in [0.1, 0.15) is 0 Å². The molecule has 0 radical (unpaired) electrons. The molecule has 0 aromatic carbocycles. The highest BCUT2D eigenvalue weighted by molar-refractivity contribution is 9.10. The van der Waals surface area contributed by atoms with E-state index in [0.717, 1.165) is 43.5 Å². The Labute approximate surface area is 122 Å². The van der Waals surface area contributed by atoms with E-state index in [9.17, 15) is 4.79 Å². The van der Waals surface area contributed by atoms with E-state index in [2.05, 4.69) is 26.2 Å². The van der Waals surface area contributed by atoms with Gasteiger partial charge in [-0.3, -0.25) is 9.78 Å². The van der Waals surface area contributed by atoms with Crippen LogP contribution in [0, 0.1) is 5.92 Å². The zero-order valence-electron chi connectivity index (χ0n) is 11.2. The monoisotopic (exact) mass is 325 g/mol. The van der Waals surface area contributed by atoms with Crippen LogP contribution in [0.3, 0.4) is 0 Å². The van der Waals surface area contributed by atoms with Gasteiger partial charge in [-0.05, 0) is 60.8 Å². The molecular formula is C14H20BrN3O. The Morgan fingerprint density at radius 2 is 2.21 bits per heavy atom. The van der Waals surface area contributed by atoms with Crippen molar-refractivity contribution >= 4 is 21.8 Å². The number of piperidine rings is 1. The van der Waals surface area contributed by atoms with Crippen LogP contribution < -0.4 is 5.32 Å². The molecule has 0 aliphatic carbocycles. The van der Waals surface area contributed by atoms with Gasteiger partial charge in [0.2, 0.25) is 0 Å². The minimum atomic E-state index is 0.0785. The smallest absolute Gasteiger partial charge is 0.255 e. The molecule has 1 fully saturated rings. The number of carbonyl (C=O) groups excluding carboxylic acids is 1. The third-order valence-electron chi connectivity index (χ3n) is 3.56. The molecule has 1 aliphatic rings. The maximum absolute atomic E-state index is 12.5. The van der Waals surface area contributed by atoms with E-state index in [4.69, 9.17) is 0 Å². The fraction of sp³-hybridized carbons (Fsp3) is 0.571. The summed E-state index contributed by atoms with van der Waals surface area (Å²) in [5.74, 6) is 0.695. The molecule has 19 heavy (non-hydrogen) atoms. The van der Waals surface area contributed by atoms with E-state index in [-0.39, 0.29) is 5.91 Å². The molecule has 0 bridgehead atoms. The molecule has 1 aromatic heterocycles. The Kier molecular flexibility index (Phi) is 5.34. The van der Waals surface area contributed by atoms with E-state index >= 15 is 0 Å². The molecule has 2 heterocycles. The number of nitrogens with zero attached hydrogens (tertiary/aromatic N) is 2. The lowest BCUT2D eigenvalue weighted by molar-refractivity contribution is 0.0726. The fourth-order valence-electron chi connectivity index (χ4n) is 2.44. The maximum Gasteiger partial charge on any atom is 0.255 e. The molecule has 1 saturated heterocycles. The van der Waals surface area contributed by atoms with Crippen molar-refractivity contribution in [1.29, 1.82) is 0 Å². The number of halogens is 1. The van der Waals surface area contributed by atoms with Gasteiger partial charge in [-0.2, -0.15) is 0 Å². The summed E-state index contributed by atoms with van der Waals surface area (Å²) in [6.07, 6.45) is 5.64. The molecule has 1 amide bonds. The Morgan fingerprint density at radius 3 is 2.84 bits per heavy atom. The third-order valence-corrected chi connectivity index (χ3v) is 3.99. The van der Waals surface area contributed by atoms with Crippen LogP contribution in [0.25, 0.3) is 0 Å². The minimum Gasteiger partial charge on any atom is -0.339 e. The highest BCUT2D eigenvalue weighted by Gasteiger charge is 2.20. The summed E-state index contributed by atoms with van der Waals surface area (Å²) in [6.45, 7) is 5.76. The van der Waals surface area contributed by atoms with Crippen molar-refractivity contribution in [2.24, 2.45) is 5.92 Å². The first-order valence-electron chi connectivity index (χ1n) is 6.81. The highest BCUT2D eigenvalue weighted by atomic mass is 79.9. The second kappa shape index (κ2) is 7.01. The Hall–Kier alpha value is -0.940. The zero-order chi connectivity index (χ0) is 13.7. The summed E-state index contributed by atoms with van der Waals surface area (Å²) in [5.41, 5.74) is 0.658. The normalized spacial score (nSPS) is 16.3. The summed E-state index contributed by atoms with van der Waals surface area (Å²) in [5, 5.41) is 3.35. The average Bonchev–Trinajstić information content (AvgIpc) is 2.45. The largest absolute Gasteiger partial charge is 0.339 e. The standard InChI is InChI=1S/C14H20BrN3O/c1-2-18(10-11-3-5-16-6-4-11)14(19)12-7-13(15)9-17-8-12/h7-9,11,16H,2-6,10H2,1H3. The van der Waals surface area contributed by atoms with Gasteiger partial charge in [-0.1, -0.05) is 0 Å². The summed E-state index contributed by atoms with van der Waals surface area (Å²) in [4.78, 5) is 18.4. The lowest BCUT2D eigenvalue weighted by Gasteiger charge is -2.29. The van der Waals surface area contributed by atoms with Crippen LogP contribution in [0.2, 0.25) is 0 Å². The van der Waals surface area contributed by atoms with Crippen LogP contribution >= 0.6 is 15.9 Å². The number of hydrogen-bond donors (Lipinski definition) is 1. The minimum absolute atomic E-state index is 0.0785. The van der Waals surface area contributed by atoms with Crippen LogP contribution in [0.4, 0.5) is 0 Å². The van der Waals surface area contributed by atoms with Crippen LogP contribution in [0.1, 0.15) is 30.1 Å². The summed E-state index contributed by atoms with van der Waals surface area (Å²) < 4.78 is 0.844. The number of hydrogen-bond acceptors (Lipinski definition) is 3. The molecule has 2 rings (SSSR count). The maximum atomic E-state index is 12.5. The number of pyridine rings is 1. The molecule has 0 unspecified atom stereocenters. The number of nitrogens with one attached hydrogen (secondary N) is 1. The van der Waals surface area contributed by atoms with Crippen molar-refractivity contribution in [3.63, 3.8) is 0 Å². The first kappa shape index (κ1) is 14.5. The van der Waals surface area contributed by atoms with Crippen molar-refractivity contribution in [1.82, 2.24) is 15.2 Å². The van der Waals surface area contributed by atoms with Gasteiger partial charge in [0, 0.05) is 30.0 Å². The van der Waals surface area contributed by atoms with E-state index < -0.39 is 0 Å². The predicted octanol–water partition coefficient (Wildman–Crippen LogP) is 2.31. The summed E-state index contributed by atoms with van der Waals surface area (Å²) >= 11 is 3.36. The molecule has 5 heteroatoms. The lowest BCUT2D eigenvalue weighted by atomic mass is 9.97. The topological polar surface area (TPSA) is 45.2 Å². The van der Waals surface area contributed by atoms with Crippen molar-refractivity contribution in [3.8, 4) is 0 Å². The molecule has 4 nitrogen and oxygen atoms in total. The molecule has 1 aromatic rings. The molecule has 0 spiro atoms. The predicted molar refractivity (Wildman–Crippen MR) is 79.1 cm³/mol. The Morgan fingerprint density at radius 1 is 1.47 bits per heavy atom. The first-order valence-corrected chi connectivity index (χ1v) is 7.60. The molecule has 1 aliphatic heterocycles. The second-order valence-corrected chi connectivity index (χ2v) is 5.84. The number of amides is 1. The van der Waals surface area contributed by atoms with Crippen LogP contribution in [0.5, 0.6) is 0 Å². The van der Waals surface area contributed by atoms with Crippen molar-refractivity contribution in [2.75, 3.05) is 26.2 Å². The van der Waals surface area contributed by atoms with Crippen molar-refractivity contribution in [3.05, 3.63) is 28.5 Å². The molecule has 104 valence electrons. The summed E-state index contributed by atoms with van der Waals surface area (Å²) in [7, 11) is 0. The molecule has 1 N–H and O–H groups in total. The fourth-order valence-corrected chi connectivity index (χ4v) is 2.81. The quantitative estimate of drug-likeness (QED) is 0.923. The number of aromatic nitrogens is 1. The second-order valence-electron chi connectivity index (χ2n) is 4.93. The third kappa shape index (κ3) is 4.01.